The Hall–Kier alpha value is -1.32. The largest absolute Gasteiger partial charge is 0.368 e. The number of amides is 1. The van der Waals surface area contributed by atoms with Crippen molar-refractivity contribution in [1.29, 1.82) is 0 Å². The molecular formula is C26H37NO7. The molecule has 34 heavy (non-hydrogen) atoms. The number of methoxy groups -OCH3 is 2. The van der Waals surface area contributed by atoms with E-state index in [-0.39, 0.29) is 23.9 Å². The number of fused-ring (bicyclic) bond motifs is 1. The summed E-state index contributed by atoms with van der Waals surface area (Å²) in [6, 6.07) is 0. The normalized spacial score (nSPS) is 49.1. The summed E-state index contributed by atoms with van der Waals surface area (Å²) in [4.78, 5) is 28.1. The van der Waals surface area contributed by atoms with Gasteiger partial charge in [0.25, 0.3) is 0 Å². The van der Waals surface area contributed by atoms with Gasteiger partial charge in [-0.2, -0.15) is 0 Å². The maximum atomic E-state index is 13.8. The lowest BCUT2D eigenvalue weighted by molar-refractivity contribution is -0.412. The Morgan fingerprint density at radius 1 is 1.24 bits per heavy atom. The first-order valence-corrected chi connectivity index (χ1v) is 12.7. The summed E-state index contributed by atoms with van der Waals surface area (Å²) < 4.78 is 31.9. The second kappa shape index (κ2) is 7.35. The fourth-order valence-electron chi connectivity index (χ4n) is 8.79. The Kier molecular flexibility index (Phi) is 5.00. The van der Waals surface area contributed by atoms with Gasteiger partial charge in [-0.05, 0) is 37.2 Å². The molecule has 7 aliphatic rings. The SMILES string of the molecule is COCO[C@@H]1C[C@@]23CN(C(C)=O)CCO[C@@]2(CCC3=O)C2=CC[C@@H]3C[C@]4(OC)CC[C@]3(C)[C@]21O4. The van der Waals surface area contributed by atoms with E-state index in [0.29, 0.717) is 44.9 Å². The van der Waals surface area contributed by atoms with Gasteiger partial charge >= 0.3 is 0 Å². The second-order valence-corrected chi connectivity index (χ2v) is 11.5. The molecule has 0 aromatic rings. The molecule has 1 spiro atoms. The number of Topliss-reactive ketones (excluding diaryl/α,β-unsaturated/α-hetero) is 1. The number of hydrogen-bond donors (Lipinski definition) is 0. The predicted octanol–water partition coefficient (Wildman–Crippen LogP) is 2.59. The van der Waals surface area contributed by atoms with Crippen molar-refractivity contribution in [2.24, 2.45) is 16.7 Å². The van der Waals surface area contributed by atoms with Crippen LogP contribution in [-0.2, 0) is 33.3 Å². The van der Waals surface area contributed by atoms with E-state index in [2.05, 4.69) is 13.0 Å². The zero-order valence-electron chi connectivity index (χ0n) is 20.8. The number of nitrogens with zero attached hydrogens (tertiary/aromatic N) is 1. The van der Waals surface area contributed by atoms with Gasteiger partial charge in [-0.25, -0.2) is 0 Å². The third-order valence-corrected chi connectivity index (χ3v) is 10.5. The summed E-state index contributed by atoms with van der Waals surface area (Å²) >= 11 is 0. The molecule has 8 nitrogen and oxygen atoms in total. The average molecular weight is 476 g/mol. The number of carbonyl (C=O) groups is 2. The number of hydrogen-bond acceptors (Lipinski definition) is 7. The molecule has 0 N–H and O–H groups in total. The van der Waals surface area contributed by atoms with Crippen LogP contribution < -0.4 is 0 Å². The minimum absolute atomic E-state index is 0.0286. The van der Waals surface area contributed by atoms with E-state index >= 15 is 0 Å². The number of ether oxygens (including phenoxy) is 5. The van der Waals surface area contributed by atoms with Crippen molar-refractivity contribution in [2.45, 2.75) is 81.9 Å². The quantitative estimate of drug-likeness (QED) is 0.457. The Balaban J connectivity index is 1.58. The summed E-state index contributed by atoms with van der Waals surface area (Å²) in [5, 5.41) is 0. The molecule has 7 atom stereocenters. The van der Waals surface area contributed by atoms with Crippen LogP contribution in [0.15, 0.2) is 11.6 Å². The first kappa shape index (κ1) is 23.1. The van der Waals surface area contributed by atoms with Crippen LogP contribution in [0.5, 0.6) is 0 Å². The van der Waals surface area contributed by atoms with Crippen molar-refractivity contribution in [1.82, 2.24) is 4.90 Å². The molecule has 8 heteroatoms. The van der Waals surface area contributed by atoms with Crippen molar-refractivity contribution in [2.75, 3.05) is 40.7 Å². The van der Waals surface area contributed by atoms with Crippen molar-refractivity contribution >= 4 is 11.7 Å². The average Bonchev–Trinajstić information content (AvgIpc) is 2.97. The van der Waals surface area contributed by atoms with Gasteiger partial charge in [0.1, 0.15) is 23.8 Å². The van der Waals surface area contributed by atoms with Crippen LogP contribution in [0.25, 0.3) is 0 Å². The van der Waals surface area contributed by atoms with E-state index in [4.69, 9.17) is 23.7 Å². The highest BCUT2D eigenvalue weighted by atomic mass is 16.7. The maximum Gasteiger partial charge on any atom is 0.219 e. The van der Waals surface area contributed by atoms with Gasteiger partial charge in [-0.3, -0.25) is 9.59 Å². The van der Waals surface area contributed by atoms with Crippen LogP contribution in [0.1, 0.15) is 58.8 Å². The Morgan fingerprint density at radius 3 is 2.79 bits per heavy atom. The molecule has 3 saturated heterocycles. The smallest absolute Gasteiger partial charge is 0.219 e. The number of rotatable bonds is 4. The summed E-state index contributed by atoms with van der Waals surface area (Å²) in [6.07, 6.45) is 6.97. The summed E-state index contributed by atoms with van der Waals surface area (Å²) in [7, 11) is 3.36. The van der Waals surface area contributed by atoms with Gasteiger partial charge in [0.05, 0.1) is 18.1 Å². The lowest BCUT2D eigenvalue weighted by atomic mass is 9.41. The maximum absolute atomic E-state index is 13.8. The number of carbonyl (C=O) groups excluding carboxylic acids is 2. The Bertz CT molecular complexity index is 951. The van der Waals surface area contributed by atoms with Crippen LogP contribution in [0.2, 0.25) is 0 Å². The highest BCUT2D eigenvalue weighted by molar-refractivity contribution is 5.92. The lowest BCUT2D eigenvalue weighted by Gasteiger charge is -2.73. The third kappa shape index (κ3) is 2.51. The monoisotopic (exact) mass is 475 g/mol. The second-order valence-electron chi connectivity index (χ2n) is 11.5. The van der Waals surface area contributed by atoms with Crippen molar-refractivity contribution in [3.63, 3.8) is 0 Å². The van der Waals surface area contributed by atoms with E-state index in [1.54, 1.807) is 26.0 Å². The Morgan fingerprint density at radius 2 is 2.06 bits per heavy atom. The summed E-state index contributed by atoms with van der Waals surface area (Å²) in [5.74, 6) is -0.129. The topological polar surface area (TPSA) is 83.5 Å². The van der Waals surface area contributed by atoms with Crippen LogP contribution in [-0.4, -0.2) is 80.4 Å². The molecule has 3 heterocycles. The molecule has 3 aliphatic heterocycles. The molecule has 0 aromatic heterocycles. The first-order valence-electron chi connectivity index (χ1n) is 12.7. The van der Waals surface area contributed by atoms with Crippen LogP contribution in [0.3, 0.4) is 0 Å². The lowest BCUT2D eigenvalue weighted by Crippen LogP contribution is -2.80. The van der Waals surface area contributed by atoms with Gasteiger partial charge in [0.2, 0.25) is 5.91 Å². The van der Waals surface area contributed by atoms with E-state index in [1.807, 2.05) is 0 Å². The van der Waals surface area contributed by atoms with Crippen molar-refractivity contribution in [3.05, 3.63) is 11.6 Å². The zero-order valence-corrected chi connectivity index (χ0v) is 20.8. The molecule has 3 saturated carbocycles. The molecule has 4 aliphatic carbocycles. The van der Waals surface area contributed by atoms with Gasteiger partial charge < -0.3 is 28.6 Å². The van der Waals surface area contributed by atoms with Crippen molar-refractivity contribution < 1.29 is 33.3 Å². The third-order valence-electron chi connectivity index (χ3n) is 10.5. The van der Waals surface area contributed by atoms with Crippen LogP contribution >= 0.6 is 0 Å². The molecule has 0 aromatic carbocycles. The van der Waals surface area contributed by atoms with Crippen molar-refractivity contribution in [3.8, 4) is 0 Å². The molecule has 0 radical (unpaired) electrons. The number of allylic oxidation sites excluding steroid dienone is 1. The van der Waals surface area contributed by atoms with Crippen LogP contribution in [0, 0.1) is 16.7 Å². The molecule has 4 bridgehead atoms. The summed E-state index contributed by atoms with van der Waals surface area (Å²) in [5.41, 5.74) is -1.52. The van der Waals surface area contributed by atoms with E-state index in [1.165, 1.54) is 0 Å². The highest BCUT2D eigenvalue weighted by Gasteiger charge is 2.81. The van der Waals surface area contributed by atoms with Gasteiger partial charge in [-0.1, -0.05) is 13.0 Å². The molecule has 188 valence electrons. The molecule has 6 fully saturated rings. The summed E-state index contributed by atoms with van der Waals surface area (Å²) in [6.45, 7) is 5.27. The zero-order chi connectivity index (χ0) is 24.0. The van der Waals surface area contributed by atoms with Gasteiger partial charge in [-0.15, -0.1) is 0 Å². The predicted molar refractivity (Wildman–Crippen MR) is 121 cm³/mol. The van der Waals surface area contributed by atoms with Gasteiger partial charge in [0.15, 0.2) is 5.79 Å². The van der Waals surface area contributed by atoms with E-state index < -0.39 is 28.5 Å². The molecule has 0 unspecified atom stereocenters. The van der Waals surface area contributed by atoms with Gasteiger partial charge in [0, 0.05) is 58.9 Å². The van der Waals surface area contributed by atoms with Crippen LogP contribution in [0.4, 0.5) is 0 Å². The Labute approximate surface area is 201 Å². The highest BCUT2D eigenvalue weighted by Crippen LogP contribution is 2.74. The molecular weight excluding hydrogens is 438 g/mol. The fourth-order valence-corrected chi connectivity index (χ4v) is 8.79. The standard InChI is InChI=1S/C26H37NO7/c1-17(28)27-11-12-33-25-8-7-20(29)23(25,15-27)14-21(32-16-30-3)26-19(25)6-5-18-13-24(31-4,34-26)10-9-22(18,26)2/h6,18,21H,5,7-16H2,1-4H3/t18-,21-,22+,23+,24+,25+,26+/m1/s1. The first-order chi connectivity index (χ1) is 16.2. The molecule has 7 rings (SSSR count). The van der Waals surface area contributed by atoms with E-state index in [9.17, 15) is 9.59 Å². The fraction of sp³-hybridized carbons (Fsp3) is 0.846. The molecule has 1 amide bonds. The number of ketones is 1. The minimum Gasteiger partial charge on any atom is -0.368 e. The minimum atomic E-state index is -0.853. The van der Waals surface area contributed by atoms with E-state index in [0.717, 1.165) is 31.3 Å².